The highest BCUT2D eigenvalue weighted by molar-refractivity contribution is 5.84. The van der Waals surface area contributed by atoms with Crippen LogP contribution >= 0.6 is 0 Å². The molecular weight excluding hydrogens is 288 g/mol. The van der Waals surface area contributed by atoms with Gasteiger partial charge in [-0.2, -0.15) is 0 Å². The smallest absolute Gasteiger partial charge is 0.328 e. The standard InChI is InChI=1S/C20H26O3/c1-14(7-6-8-15(2)11-19(22)23)9-10-18-16(3)12-17(21)13-20(18,4)5/h6-11H,12-13H2,1-5H3,(H,22,23)/b8-6+,10-9+,14-7+,15-11+. The molecule has 0 fully saturated rings. The Bertz CT molecular complexity index is 638. The molecule has 23 heavy (non-hydrogen) atoms. The van der Waals surface area contributed by atoms with E-state index < -0.39 is 5.97 Å². The summed E-state index contributed by atoms with van der Waals surface area (Å²) in [4.78, 5) is 22.3. The topological polar surface area (TPSA) is 54.4 Å². The number of allylic oxidation sites excluding steroid dienone is 9. The predicted octanol–water partition coefficient (Wildman–Crippen LogP) is 4.78. The van der Waals surface area contributed by atoms with E-state index in [-0.39, 0.29) is 5.41 Å². The first-order valence-electron chi connectivity index (χ1n) is 7.78. The highest BCUT2D eigenvalue weighted by Crippen LogP contribution is 2.39. The van der Waals surface area contributed by atoms with Crippen LogP contribution in [-0.4, -0.2) is 16.9 Å². The van der Waals surface area contributed by atoms with Crippen LogP contribution in [0.1, 0.15) is 47.5 Å². The Kier molecular flexibility index (Phi) is 6.49. The van der Waals surface area contributed by atoms with Gasteiger partial charge in [0.1, 0.15) is 5.78 Å². The van der Waals surface area contributed by atoms with Crippen LogP contribution in [0, 0.1) is 5.41 Å². The van der Waals surface area contributed by atoms with Gasteiger partial charge in [0, 0.05) is 18.9 Å². The highest BCUT2D eigenvalue weighted by Gasteiger charge is 2.30. The van der Waals surface area contributed by atoms with E-state index in [0.29, 0.717) is 24.2 Å². The summed E-state index contributed by atoms with van der Waals surface area (Å²) in [7, 11) is 0. The van der Waals surface area contributed by atoms with Crippen LogP contribution in [0.5, 0.6) is 0 Å². The zero-order chi connectivity index (χ0) is 17.6. The van der Waals surface area contributed by atoms with Crippen molar-refractivity contribution in [3.8, 4) is 0 Å². The number of Topliss-reactive ketones (excluding diaryl/α,β-unsaturated/α-hetero) is 1. The summed E-state index contributed by atoms with van der Waals surface area (Å²) in [6.45, 7) is 9.98. The molecule has 1 N–H and O–H groups in total. The van der Waals surface area contributed by atoms with Crippen LogP contribution in [0.15, 0.2) is 58.7 Å². The Morgan fingerprint density at radius 2 is 1.83 bits per heavy atom. The van der Waals surface area contributed by atoms with Crippen molar-refractivity contribution in [2.75, 3.05) is 0 Å². The fourth-order valence-corrected chi connectivity index (χ4v) is 2.85. The summed E-state index contributed by atoms with van der Waals surface area (Å²) in [5.41, 5.74) is 4.02. The SMILES string of the molecule is CC1=C(/C=C/C(C)=C/C=C/C(C)=C/C(=O)O)C(C)(C)CC(=O)C1. The summed E-state index contributed by atoms with van der Waals surface area (Å²) in [5, 5.41) is 8.65. The number of ketones is 1. The maximum absolute atomic E-state index is 11.7. The number of aliphatic carboxylic acids is 1. The number of carboxylic acids is 1. The lowest BCUT2D eigenvalue weighted by Crippen LogP contribution is -2.25. The Labute approximate surface area is 138 Å². The number of carboxylic acid groups (broad SMARTS) is 1. The summed E-state index contributed by atoms with van der Waals surface area (Å²) in [5.74, 6) is -0.634. The van der Waals surface area contributed by atoms with Crippen LogP contribution in [0.4, 0.5) is 0 Å². The summed E-state index contributed by atoms with van der Waals surface area (Å²) < 4.78 is 0. The van der Waals surface area contributed by atoms with E-state index >= 15 is 0 Å². The van der Waals surface area contributed by atoms with Gasteiger partial charge in [0.25, 0.3) is 0 Å². The monoisotopic (exact) mass is 314 g/mol. The van der Waals surface area contributed by atoms with Crippen LogP contribution in [0.3, 0.4) is 0 Å². The minimum atomic E-state index is -0.941. The predicted molar refractivity (Wildman–Crippen MR) is 94.2 cm³/mol. The van der Waals surface area contributed by atoms with Crippen molar-refractivity contribution in [2.24, 2.45) is 5.41 Å². The van der Waals surface area contributed by atoms with Gasteiger partial charge in [-0.1, -0.05) is 55.4 Å². The van der Waals surface area contributed by atoms with E-state index in [1.807, 2.05) is 32.1 Å². The Hall–Kier alpha value is -2.16. The molecule has 0 unspecified atom stereocenters. The van der Waals surface area contributed by atoms with E-state index in [2.05, 4.69) is 19.9 Å². The molecule has 1 aliphatic rings. The maximum atomic E-state index is 11.7. The Morgan fingerprint density at radius 3 is 2.39 bits per heavy atom. The van der Waals surface area contributed by atoms with Crippen molar-refractivity contribution in [3.05, 3.63) is 58.7 Å². The number of rotatable bonds is 5. The number of carbonyl (C=O) groups excluding carboxylic acids is 1. The molecule has 0 aromatic heterocycles. The molecular formula is C20H26O3. The molecule has 0 bridgehead atoms. The fourth-order valence-electron chi connectivity index (χ4n) is 2.85. The van der Waals surface area contributed by atoms with Gasteiger partial charge < -0.3 is 5.11 Å². The van der Waals surface area contributed by atoms with Gasteiger partial charge in [-0.05, 0) is 37.3 Å². The first-order chi connectivity index (χ1) is 10.6. The maximum Gasteiger partial charge on any atom is 0.328 e. The van der Waals surface area contributed by atoms with Gasteiger partial charge in [0.05, 0.1) is 0 Å². The van der Waals surface area contributed by atoms with Gasteiger partial charge in [0.15, 0.2) is 0 Å². The minimum Gasteiger partial charge on any atom is -0.478 e. The second kappa shape index (κ2) is 7.91. The van der Waals surface area contributed by atoms with E-state index in [0.717, 1.165) is 11.1 Å². The molecule has 3 nitrogen and oxygen atoms in total. The minimum absolute atomic E-state index is 0.118. The Balaban J connectivity index is 2.86. The summed E-state index contributed by atoms with van der Waals surface area (Å²) in [6, 6.07) is 0. The third-order valence-corrected chi connectivity index (χ3v) is 3.87. The first-order valence-corrected chi connectivity index (χ1v) is 7.78. The number of hydrogen-bond acceptors (Lipinski definition) is 2. The molecule has 0 aromatic rings. The summed E-state index contributed by atoms with van der Waals surface area (Å²) >= 11 is 0. The second-order valence-corrected chi connectivity index (χ2v) is 6.80. The molecule has 3 heteroatoms. The van der Waals surface area contributed by atoms with Gasteiger partial charge in [-0.3, -0.25) is 4.79 Å². The van der Waals surface area contributed by atoms with Gasteiger partial charge >= 0.3 is 5.97 Å². The van der Waals surface area contributed by atoms with Gasteiger partial charge in [-0.15, -0.1) is 0 Å². The van der Waals surface area contributed by atoms with Crippen LogP contribution in [-0.2, 0) is 9.59 Å². The highest BCUT2D eigenvalue weighted by atomic mass is 16.4. The quantitative estimate of drug-likeness (QED) is 0.587. The second-order valence-electron chi connectivity index (χ2n) is 6.80. The van der Waals surface area contributed by atoms with Crippen molar-refractivity contribution >= 4 is 11.8 Å². The fraction of sp³-hybridized carbons (Fsp3) is 0.400. The first kappa shape index (κ1) is 18.9. The van der Waals surface area contributed by atoms with E-state index in [9.17, 15) is 9.59 Å². The molecule has 0 amide bonds. The molecule has 0 heterocycles. The van der Waals surface area contributed by atoms with Gasteiger partial charge in [0.2, 0.25) is 0 Å². The normalized spacial score (nSPS) is 20.0. The molecule has 0 aromatic carbocycles. The van der Waals surface area contributed by atoms with Crippen molar-refractivity contribution < 1.29 is 14.7 Å². The van der Waals surface area contributed by atoms with E-state index in [1.165, 1.54) is 11.6 Å². The number of hydrogen-bond donors (Lipinski definition) is 1. The Morgan fingerprint density at radius 1 is 1.17 bits per heavy atom. The molecule has 1 rings (SSSR count). The van der Waals surface area contributed by atoms with Crippen LogP contribution in [0.2, 0.25) is 0 Å². The lowest BCUT2D eigenvalue weighted by atomic mass is 9.72. The van der Waals surface area contributed by atoms with Gasteiger partial charge in [-0.25, -0.2) is 4.79 Å². The molecule has 124 valence electrons. The molecule has 0 saturated heterocycles. The summed E-state index contributed by atoms with van der Waals surface area (Å²) in [6.07, 6.45) is 12.0. The van der Waals surface area contributed by atoms with Crippen molar-refractivity contribution in [1.29, 1.82) is 0 Å². The molecule has 0 spiro atoms. The van der Waals surface area contributed by atoms with Crippen molar-refractivity contribution in [2.45, 2.75) is 47.5 Å². The average molecular weight is 314 g/mol. The average Bonchev–Trinajstić information content (AvgIpc) is 2.35. The lowest BCUT2D eigenvalue weighted by molar-refractivity contribution is -0.131. The zero-order valence-corrected chi connectivity index (χ0v) is 14.6. The van der Waals surface area contributed by atoms with Crippen LogP contribution in [0.25, 0.3) is 0 Å². The van der Waals surface area contributed by atoms with Crippen molar-refractivity contribution in [1.82, 2.24) is 0 Å². The number of carbonyl (C=O) groups is 2. The molecule has 0 aliphatic heterocycles. The lowest BCUT2D eigenvalue weighted by Gasteiger charge is -2.32. The zero-order valence-electron chi connectivity index (χ0n) is 14.6. The van der Waals surface area contributed by atoms with E-state index in [4.69, 9.17) is 5.11 Å². The molecule has 1 aliphatic carbocycles. The molecule has 0 atom stereocenters. The van der Waals surface area contributed by atoms with Crippen LogP contribution < -0.4 is 0 Å². The third kappa shape index (κ3) is 6.23. The van der Waals surface area contributed by atoms with E-state index in [1.54, 1.807) is 13.0 Å². The molecule has 0 saturated carbocycles. The largest absolute Gasteiger partial charge is 0.478 e. The third-order valence-electron chi connectivity index (χ3n) is 3.87. The molecule has 0 radical (unpaired) electrons. The van der Waals surface area contributed by atoms with Crippen molar-refractivity contribution in [3.63, 3.8) is 0 Å².